The number of rotatable bonds is 4. The molecule has 0 radical (unpaired) electrons. The Morgan fingerprint density at radius 3 is 2.78 bits per heavy atom. The predicted molar refractivity (Wildman–Crippen MR) is 92.9 cm³/mol. The average molecular weight is 373 g/mol. The van der Waals surface area contributed by atoms with Crippen molar-refractivity contribution in [2.24, 2.45) is 0 Å². The maximum Gasteiger partial charge on any atom is 0.146 e. The number of anilines is 1. The number of fused-ring (bicyclic) bond motifs is 1. The third-order valence-electron chi connectivity index (χ3n) is 4.38. The molecule has 1 aliphatic rings. The molecule has 2 heterocycles. The largest absolute Gasteiger partial charge is 0.383 e. The highest BCUT2D eigenvalue weighted by molar-refractivity contribution is 9.10. The summed E-state index contributed by atoms with van der Waals surface area (Å²) in [6, 6.07) is 10.7. The van der Waals surface area contributed by atoms with Gasteiger partial charge in [-0.3, -0.25) is 0 Å². The van der Waals surface area contributed by atoms with Crippen LogP contribution in [0.2, 0.25) is 0 Å². The van der Waals surface area contributed by atoms with E-state index in [2.05, 4.69) is 42.6 Å². The van der Waals surface area contributed by atoms with Crippen LogP contribution in [0.5, 0.6) is 0 Å². The van der Waals surface area contributed by atoms with E-state index in [1.54, 1.807) is 0 Å². The summed E-state index contributed by atoms with van der Waals surface area (Å²) in [4.78, 5) is 8.45. The summed E-state index contributed by atoms with van der Waals surface area (Å²) in [7, 11) is 0. The molecule has 1 aliphatic carbocycles. The Kier molecular flexibility index (Phi) is 3.79. The first-order chi connectivity index (χ1) is 11.2. The normalized spacial score (nSPS) is 20.6. The molecule has 0 bridgehead atoms. The molecular weight excluding hydrogens is 356 g/mol. The fourth-order valence-corrected chi connectivity index (χ4v) is 3.63. The Morgan fingerprint density at radius 2 is 2.00 bits per heavy atom. The number of nitrogens with zero attached hydrogens (tertiary/aromatic N) is 3. The van der Waals surface area contributed by atoms with Crippen molar-refractivity contribution in [2.75, 3.05) is 5.73 Å². The third kappa shape index (κ3) is 2.72. The van der Waals surface area contributed by atoms with Gasteiger partial charge in [0.25, 0.3) is 0 Å². The van der Waals surface area contributed by atoms with Crippen molar-refractivity contribution in [3.63, 3.8) is 0 Å². The lowest BCUT2D eigenvalue weighted by molar-refractivity contribution is -0.0348. The monoisotopic (exact) mass is 372 g/mol. The molecule has 1 saturated carbocycles. The smallest absolute Gasteiger partial charge is 0.146 e. The van der Waals surface area contributed by atoms with Crippen molar-refractivity contribution in [3.05, 3.63) is 52.9 Å². The highest BCUT2D eigenvalue weighted by Crippen LogP contribution is 2.39. The number of hydrogen-bond acceptors (Lipinski definition) is 4. The molecule has 0 aliphatic heterocycles. The minimum absolute atomic E-state index is 0.301. The molecule has 1 fully saturated rings. The van der Waals surface area contributed by atoms with Crippen molar-refractivity contribution in [3.8, 4) is 0 Å². The van der Waals surface area contributed by atoms with E-state index in [0.29, 0.717) is 24.6 Å². The van der Waals surface area contributed by atoms with Gasteiger partial charge in [-0.1, -0.05) is 30.3 Å². The van der Waals surface area contributed by atoms with Crippen LogP contribution in [0.15, 0.2) is 47.3 Å². The molecule has 3 aromatic rings. The highest BCUT2D eigenvalue weighted by atomic mass is 79.9. The van der Waals surface area contributed by atoms with E-state index in [1.165, 1.54) is 11.9 Å². The van der Waals surface area contributed by atoms with Crippen molar-refractivity contribution in [1.29, 1.82) is 0 Å². The first kappa shape index (κ1) is 14.7. The van der Waals surface area contributed by atoms with Crippen LogP contribution in [0.3, 0.4) is 0 Å². The van der Waals surface area contributed by atoms with Gasteiger partial charge in [-0.2, -0.15) is 0 Å². The number of halogens is 1. The summed E-state index contributed by atoms with van der Waals surface area (Å²) in [5.74, 6) is 0.511. The maximum absolute atomic E-state index is 5.98. The number of ether oxygens (including phenoxy) is 1. The summed E-state index contributed by atoms with van der Waals surface area (Å²) in [6.45, 7) is 0.670. The van der Waals surface area contributed by atoms with Crippen molar-refractivity contribution < 1.29 is 4.74 Å². The van der Waals surface area contributed by atoms with Crippen molar-refractivity contribution >= 4 is 32.8 Å². The van der Waals surface area contributed by atoms with Gasteiger partial charge in [-0.15, -0.1) is 0 Å². The standard InChI is InChI=1S/C17H17BrN4O/c18-14-8-22(17-15(14)16(19)20-10-21-17)12-6-13(7-12)23-9-11-4-2-1-3-5-11/h1-5,8,10,12-13H,6-7,9H2,(H2,19,20,21). The lowest BCUT2D eigenvalue weighted by Crippen LogP contribution is -2.33. The van der Waals surface area contributed by atoms with Gasteiger partial charge in [0.15, 0.2) is 0 Å². The van der Waals surface area contributed by atoms with Crippen LogP contribution in [0.4, 0.5) is 5.82 Å². The number of benzene rings is 1. The molecular formula is C17H17BrN4O. The number of aromatic nitrogens is 3. The number of hydrogen-bond donors (Lipinski definition) is 1. The minimum atomic E-state index is 0.301. The SMILES string of the molecule is Nc1ncnc2c1c(Br)cn2C1CC(OCc2ccccc2)C1. The van der Waals surface area contributed by atoms with Gasteiger partial charge in [0, 0.05) is 16.7 Å². The summed E-state index contributed by atoms with van der Waals surface area (Å²) < 4.78 is 9.10. The van der Waals surface area contributed by atoms with Crippen LogP contribution in [0.25, 0.3) is 11.0 Å². The zero-order valence-corrected chi connectivity index (χ0v) is 14.1. The lowest BCUT2D eigenvalue weighted by Gasteiger charge is -2.36. The van der Waals surface area contributed by atoms with Crippen molar-refractivity contribution in [2.45, 2.75) is 31.6 Å². The molecule has 0 unspecified atom stereocenters. The summed E-state index contributed by atoms with van der Waals surface area (Å²) in [5.41, 5.74) is 8.05. The van der Waals surface area contributed by atoms with E-state index in [1.807, 2.05) is 24.4 Å². The van der Waals surface area contributed by atoms with Gasteiger partial charge >= 0.3 is 0 Å². The Balaban J connectivity index is 1.43. The Labute approximate surface area is 142 Å². The van der Waals surface area contributed by atoms with Crippen LogP contribution in [0.1, 0.15) is 24.4 Å². The van der Waals surface area contributed by atoms with Gasteiger partial charge in [-0.25, -0.2) is 9.97 Å². The lowest BCUT2D eigenvalue weighted by atomic mass is 9.89. The zero-order chi connectivity index (χ0) is 15.8. The molecule has 0 atom stereocenters. The average Bonchev–Trinajstić information content (AvgIpc) is 2.85. The van der Waals surface area contributed by atoms with E-state index < -0.39 is 0 Å². The predicted octanol–water partition coefficient (Wildman–Crippen LogP) is 3.70. The number of nitrogens with two attached hydrogens (primary N) is 1. The molecule has 118 valence electrons. The van der Waals surface area contributed by atoms with Crippen LogP contribution in [-0.4, -0.2) is 20.6 Å². The van der Waals surface area contributed by atoms with Crippen LogP contribution >= 0.6 is 15.9 Å². The second kappa shape index (κ2) is 5.94. The molecule has 2 N–H and O–H groups in total. The zero-order valence-electron chi connectivity index (χ0n) is 12.5. The fourth-order valence-electron chi connectivity index (χ4n) is 3.03. The summed E-state index contributed by atoms with van der Waals surface area (Å²) in [5, 5.41) is 0.890. The molecule has 5 nitrogen and oxygen atoms in total. The van der Waals surface area contributed by atoms with Gasteiger partial charge in [0.1, 0.15) is 17.8 Å². The molecule has 0 amide bonds. The van der Waals surface area contributed by atoms with Crippen molar-refractivity contribution in [1.82, 2.24) is 14.5 Å². The molecule has 6 heteroatoms. The Morgan fingerprint density at radius 1 is 1.22 bits per heavy atom. The minimum Gasteiger partial charge on any atom is -0.383 e. The van der Waals surface area contributed by atoms with E-state index >= 15 is 0 Å². The molecule has 23 heavy (non-hydrogen) atoms. The maximum atomic E-state index is 5.98. The highest BCUT2D eigenvalue weighted by Gasteiger charge is 2.32. The van der Waals surface area contributed by atoms with E-state index in [-0.39, 0.29) is 0 Å². The summed E-state index contributed by atoms with van der Waals surface area (Å²) >= 11 is 3.55. The van der Waals surface area contributed by atoms with Gasteiger partial charge < -0.3 is 15.0 Å². The van der Waals surface area contributed by atoms with Crippen LogP contribution < -0.4 is 5.73 Å². The second-order valence-corrected chi connectivity index (χ2v) is 6.74. The first-order valence-corrected chi connectivity index (χ1v) is 8.43. The topological polar surface area (TPSA) is 66.0 Å². The van der Waals surface area contributed by atoms with Gasteiger partial charge in [-0.05, 0) is 34.3 Å². The quantitative estimate of drug-likeness (QED) is 0.758. The van der Waals surface area contributed by atoms with E-state index in [0.717, 1.165) is 28.3 Å². The Bertz CT molecular complexity index is 827. The second-order valence-electron chi connectivity index (χ2n) is 5.89. The fraction of sp³-hybridized carbons (Fsp3) is 0.294. The summed E-state index contributed by atoms with van der Waals surface area (Å²) in [6.07, 6.45) is 5.85. The van der Waals surface area contributed by atoms with Gasteiger partial charge in [0.05, 0.1) is 18.1 Å². The molecule has 0 saturated heterocycles. The van der Waals surface area contributed by atoms with E-state index in [9.17, 15) is 0 Å². The van der Waals surface area contributed by atoms with Crippen LogP contribution in [-0.2, 0) is 11.3 Å². The molecule has 4 rings (SSSR count). The van der Waals surface area contributed by atoms with Gasteiger partial charge in [0.2, 0.25) is 0 Å². The van der Waals surface area contributed by atoms with Crippen LogP contribution in [0, 0.1) is 0 Å². The first-order valence-electron chi connectivity index (χ1n) is 7.64. The van der Waals surface area contributed by atoms with E-state index in [4.69, 9.17) is 10.5 Å². The number of nitrogen functional groups attached to an aromatic ring is 1. The molecule has 0 spiro atoms. The molecule has 1 aromatic carbocycles. The Hall–Kier alpha value is -1.92. The third-order valence-corrected chi connectivity index (χ3v) is 4.99. The molecule has 2 aromatic heterocycles.